The van der Waals surface area contributed by atoms with Gasteiger partial charge in [0, 0.05) is 0 Å². The van der Waals surface area contributed by atoms with Gasteiger partial charge in [-0.05, 0) is 18.4 Å². The Morgan fingerprint density at radius 1 is 1.45 bits per heavy atom. The molecule has 2 rings (SSSR count). The summed E-state index contributed by atoms with van der Waals surface area (Å²) >= 11 is 0. The molecule has 1 aliphatic rings. The molecule has 0 saturated carbocycles. The van der Waals surface area contributed by atoms with Crippen molar-refractivity contribution >= 4 is 5.91 Å². The van der Waals surface area contributed by atoms with Crippen molar-refractivity contribution in [3.63, 3.8) is 0 Å². The Balaban J connectivity index is 1.98. The molecule has 1 aliphatic heterocycles. The Morgan fingerprint density at radius 3 is 2.85 bits per heavy atom. The van der Waals surface area contributed by atoms with E-state index in [1.165, 1.54) is 5.06 Å². The highest BCUT2D eigenvalue weighted by Gasteiger charge is 2.38. The molecule has 1 heterocycles. The average Bonchev–Trinajstić information content (AvgIpc) is 2.49. The molecule has 0 unspecified atom stereocenters. The predicted octanol–water partition coefficient (Wildman–Crippen LogP) is 2.70. The maximum Gasteiger partial charge on any atom is 0.272 e. The smallest absolute Gasteiger partial charge is 0.272 e. The Bertz CT molecular complexity index is 460. The van der Waals surface area contributed by atoms with Crippen molar-refractivity contribution in [2.45, 2.75) is 32.0 Å². The zero-order valence-corrected chi connectivity index (χ0v) is 11.9. The van der Waals surface area contributed by atoms with Gasteiger partial charge in [0.1, 0.15) is 13.2 Å². The van der Waals surface area contributed by atoms with Crippen LogP contribution in [0.25, 0.3) is 0 Å². The third-order valence-electron chi connectivity index (χ3n) is 3.60. The van der Waals surface area contributed by atoms with Gasteiger partial charge in [-0.15, -0.1) is 6.58 Å². The number of carbonyl (C=O) groups is 1. The molecule has 4 nitrogen and oxygen atoms in total. The number of rotatable bonds is 6. The van der Waals surface area contributed by atoms with E-state index in [2.05, 4.69) is 13.5 Å². The molecule has 20 heavy (non-hydrogen) atoms. The number of hydroxylamine groups is 2. The van der Waals surface area contributed by atoms with Gasteiger partial charge in [-0.2, -0.15) is 0 Å². The van der Waals surface area contributed by atoms with Crippen LogP contribution in [0.1, 0.15) is 25.3 Å². The molecule has 1 atom stereocenters. The quantitative estimate of drug-likeness (QED) is 0.749. The van der Waals surface area contributed by atoms with Gasteiger partial charge in [0.25, 0.3) is 5.91 Å². The summed E-state index contributed by atoms with van der Waals surface area (Å²) < 4.78 is 5.71. The lowest BCUT2D eigenvalue weighted by Gasteiger charge is -2.40. The number of nitrogens with zero attached hydrogens (tertiary/aromatic N) is 1. The monoisotopic (exact) mass is 275 g/mol. The summed E-state index contributed by atoms with van der Waals surface area (Å²) in [6.07, 6.45) is 3.36. The molecule has 0 spiro atoms. The van der Waals surface area contributed by atoms with Crippen molar-refractivity contribution in [1.82, 2.24) is 5.06 Å². The standard InChI is InChI=1S/C16H21NO3/c1-3-10-16(4-2)13-17(15(18)12-19-16)20-11-14-8-6-5-7-9-14/h3,5-9H,1,4,10-13H2,2H3/t16-/m0/s1. The van der Waals surface area contributed by atoms with E-state index in [1.54, 1.807) is 0 Å². The van der Waals surface area contributed by atoms with E-state index in [9.17, 15) is 4.79 Å². The van der Waals surface area contributed by atoms with Crippen LogP contribution in [0.5, 0.6) is 0 Å². The van der Waals surface area contributed by atoms with E-state index in [4.69, 9.17) is 9.57 Å². The SMILES string of the molecule is C=CC[C@@]1(CC)CN(OCc2ccccc2)C(=O)CO1. The van der Waals surface area contributed by atoms with E-state index in [1.807, 2.05) is 36.4 Å². The van der Waals surface area contributed by atoms with Crippen molar-refractivity contribution in [2.24, 2.45) is 0 Å². The summed E-state index contributed by atoms with van der Waals surface area (Å²) in [6, 6.07) is 9.81. The largest absolute Gasteiger partial charge is 0.363 e. The first-order chi connectivity index (χ1) is 9.69. The fraction of sp³-hybridized carbons (Fsp3) is 0.438. The molecule has 1 aromatic rings. The van der Waals surface area contributed by atoms with Gasteiger partial charge in [-0.1, -0.05) is 43.3 Å². The second-order valence-corrected chi connectivity index (χ2v) is 5.01. The van der Waals surface area contributed by atoms with Crippen molar-refractivity contribution in [3.8, 4) is 0 Å². The number of hydrogen-bond donors (Lipinski definition) is 0. The molecule has 4 heteroatoms. The predicted molar refractivity (Wildman–Crippen MR) is 76.7 cm³/mol. The van der Waals surface area contributed by atoms with Crippen LogP contribution >= 0.6 is 0 Å². The van der Waals surface area contributed by atoms with Crippen LogP contribution in [0.15, 0.2) is 43.0 Å². The molecule has 1 amide bonds. The molecule has 0 aromatic heterocycles. The highest BCUT2D eigenvalue weighted by atomic mass is 16.7. The molecular weight excluding hydrogens is 254 g/mol. The van der Waals surface area contributed by atoms with Crippen LogP contribution in [0, 0.1) is 0 Å². The number of amides is 1. The minimum absolute atomic E-state index is 0.0659. The summed E-state index contributed by atoms with van der Waals surface area (Å²) in [5.74, 6) is -0.130. The fourth-order valence-electron chi connectivity index (χ4n) is 2.27. The molecule has 108 valence electrons. The Labute approximate surface area is 119 Å². The van der Waals surface area contributed by atoms with Crippen molar-refractivity contribution < 1.29 is 14.4 Å². The average molecular weight is 275 g/mol. The number of hydrogen-bond acceptors (Lipinski definition) is 3. The normalized spacial score (nSPS) is 22.9. The minimum Gasteiger partial charge on any atom is -0.363 e. The summed E-state index contributed by atoms with van der Waals surface area (Å²) in [4.78, 5) is 17.5. The molecule has 0 N–H and O–H groups in total. The number of carbonyl (C=O) groups excluding carboxylic acids is 1. The summed E-state index contributed by atoms with van der Waals surface area (Å²) in [5, 5.41) is 1.43. The van der Waals surface area contributed by atoms with Crippen molar-refractivity contribution in [2.75, 3.05) is 13.2 Å². The Morgan fingerprint density at radius 2 is 2.20 bits per heavy atom. The molecule has 0 bridgehead atoms. The highest BCUT2D eigenvalue weighted by molar-refractivity contribution is 5.77. The second kappa shape index (κ2) is 6.68. The van der Waals surface area contributed by atoms with Gasteiger partial charge < -0.3 is 4.74 Å². The molecule has 1 aromatic carbocycles. The molecular formula is C16H21NO3. The lowest BCUT2D eigenvalue weighted by Crippen LogP contribution is -2.53. The van der Waals surface area contributed by atoms with E-state index < -0.39 is 0 Å². The lowest BCUT2D eigenvalue weighted by atomic mass is 9.94. The summed E-state index contributed by atoms with van der Waals surface area (Å²) in [5.41, 5.74) is 0.671. The molecule has 0 aliphatic carbocycles. The Hall–Kier alpha value is -1.65. The fourth-order valence-corrected chi connectivity index (χ4v) is 2.27. The summed E-state index contributed by atoms with van der Waals surface area (Å²) in [6.45, 7) is 6.71. The van der Waals surface area contributed by atoms with E-state index in [0.717, 1.165) is 12.0 Å². The van der Waals surface area contributed by atoms with Gasteiger partial charge in [-0.3, -0.25) is 9.63 Å². The molecule has 1 saturated heterocycles. The minimum atomic E-state index is -0.369. The van der Waals surface area contributed by atoms with Crippen LogP contribution in [0.2, 0.25) is 0 Å². The first-order valence-electron chi connectivity index (χ1n) is 6.91. The summed E-state index contributed by atoms with van der Waals surface area (Å²) in [7, 11) is 0. The third-order valence-corrected chi connectivity index (χ3v) is 3.60. The van der Waals surface area contributed by atoms with Crippen LogP contribution in [0.3, 0.4) is 0 Å². The van der Waals surface area contributed by atoms with Gasteiger partial charge in [-0.25, -0.2) is 5.06 Å². The van der Waals surface area contributed by atoms with Gasteiger partial charge >= 0.3 is 0 Å². The maximum absolute atomic E-state index is 11.9. The second-order valence-electron chi connectivity index (χ2n) is 5.01. The highest BCUT2D eigenvalue weighted by Crippen LogP contribution is 2.27. The van der Waals surface area contributed by atoms with Gasteiger partial charge in [0.05, 0.1) is 12.1 Å². The van der Waals surface area contributed by atoms with Gasteiger partial charge in [0.15, 0.2) is 0 Å². The number of benzene rings is 1. The maximum atomic E-state index is 11.9. The first-order valence-corrected chi connectivity index (χ1v) is 6.91. The van der Waals surface area contributed by atoms with Crippen LogP contribution in [-0.2, 0) is 21.0 Å². The first kappa shape index (κ1) is 14.8. The molecule has 1 fully saturated rings. The molecule has 0 radical (unpaired) electrons. The zero-order chi connectivity index (χ0) is 14.4. The van der Waals surface area contributed by atoms with Crippen LogP contribution in [-0.4, -0.2) is 29.7 Å². The van der Waals surface area contributed by atoms with Crippen LogP contribution < -0.4 is 0 Å². The number of ether oxygens (including phenoxy) is 1. The lowest BCUT2D eigenvalue weighted by molar-refractivity contribution is -0.238. The number of morpholine rings is 1. The van der Waals surface area contributed by atoms with Gasteiger partial charge in [0.2, 0.25) is 0 Å². The van der Waals surface area contributed by atoms with Crippen molar-refractivity contribution in [1.29, 1.82) is 0 Å². The van der Waals surface area contributed by atoms with E-state index >= 15 is 0 Å². The van der Waals surface area contributed by atoms with Crippen LogP contribution in [0.4, 0.5) is 0 Å². The zero-order valence-electron chi connectivity index (χ0n) is 11.9. The third kappa shape index (κ3) is 3.46. The van der Waals surface area contributed by atoms with Crippen molar-refractivity contribution in [3.05, 3.63) is 48.6 Å². The topological polar surface area (TPSA) is 38.8 Å². The van der Waals surface area contributed by atoms with E-state index in [0.29, 0.717) is 19.6 Å². The Kier molecular flexibility index (Phi) is 4.93. The van der Waals surface area contributed by atoms with E-state index in [-0.39, 0.29) is 18.1 Å².